The van der Waals surface area contributed by atoms with Crippen LogP contribution in [-0.2, 0) is 4.74 Å². The van der Waals surface area contributed by atoms with E-state index in [1.807, 2.05) is 18.2 Å². The topological polar surface area (TPSA) is 25.4 Å². The number of anilines is 1. The van der Waals surface area contributed by atoms with Crippen LogP contribution in [-0.4, -0.2) is 11.7 Å². The second kappa shape index (κ2) is 4.71. The van der Waals surface area contributed by atoms with Crippen molar-refractivity contribution in [3.63, 3.8) is 0 Å². The molecule has 0 atom stereocenters. The van der Waals surface area contributed by atoms with Gasteiger partial charge < -0.3 is 9.64 Å². The Morgan fingerprint density at radius 1 is 0.783 bits per heavy atom. The molecule has 0 spiro atoms. The summed E-state index contributed by atoms with van der Waals surface area (Å²) in [5.74, 6) is 0.854. The normalized spacial score (nSPS) is 14.9. The molecule has 2 aliphatic rings. The Labute approximate surface area is 134 Å². The smallest absolute Gasteiger partial charge is 0.171 e. The predicted octanol–water partition coefficient (Wildman–Crippen LogP) is 4.38. The number of hydrogen-bond acceptors (Lipinski definition) is 3. The number of para-hydroxylation sites is 1. The third kappa shape index (κ3) is 1.73. The van der Waals surface area contributed by atoms with Gasteiger partial charge in [0.2, 0.25) is 0 Å². The van der Waals surface area contributed by atoms with Crippen molar-refractivity contribution in [2.75, 3.05) is 11.6 Å². The highest BCUT2D eigenvalue weighted by molar-refractivity contribution is 6.06. The number of rotatable bonds is 1. The molecule has 0 amide bonds. The summed E-state index contributed by atoms with van der Waals surface area (Å²) in [6, 6.07) is 22.9. The van der Waals surface area contributed by atoms with Crippen molar-refractivity contribution in [2.24, 2.45) is 0 Å². The minimum absolute atomic E-state index is 0.520. The highest BCUT2D eigenvalue weighted by Gasteiger charge is 2.34. The van der Waals surface area contributed by atoms with Gasteiger partial charge in [-0.3, -0.25) is 4.98 Å². The van der Waals surface area contributed by atoms with Gasteiger partial charge in [-0.25, -0.2) is 0 Å². The lowest BCUT2D eigenvalue weighted by Gasteiger charge is -2.29. The first-order valence-electron chi connectivity index (χ1n) is 7.68. The van der Waals surface area contributed by atoms with Crippen LogP contribution < -0.4 is 4.90 Å². The van der Waals surface area contributed by atoms with Crippen LogP contribution in [0.3, 0.4) is 0 Å². The van der Waals surface area contributed by atoms with E-state index in [-0.39, 0.29) is 0 Å². The maximum Gasteiger partial charge on any atom is 0.171 e. The fourth-order valence-corrected chi connectivity index (χ4v) is 3.40. The summed E-state index contributed by atoms with van der Waals surface area (Å²) in [6.45, 7) is 0.520. The average Bonchev–Trinajstić information content (AvgIpc) is 3.08. The maximum atomic E-state index is 6.04. The summed E-state index contributed by atoms with van der Waals surface area (Å²) in [4.78, 5) is 6.71. The molecule has 0 fully saturated rings. The van der Waals surface area contributed by atoms with Crippen molar-refractivity contribution in [1.82, 2.24) is 4.98 Å². The lowest BCUT2D eigenvalue weighted by molar-refractivity contribution is 0.307. The number of benzene rings is 2. The van der Waals surface area contributed by atoms with Gasteiger partial charge in [0.25, 0.3) is 0 Å². The highest BCUT2D eigenvalue weighted by Crippen LogP contribution is 2.48. The van der Waals surface area contributed by atoms with Crippen LogP contribution in [0.4, 0.5) is 5.69 Å². The summed E-state index contributed by atoms with van der Waals surface area (Å²) in [7, 11) is 0. The SMILES string of the molecule is c1ccc(C2=C3c4ccccc4-c4ccccc4N3CO2)nc1. The molecule has 3 nitrogen and oxygen atoms in total. The minimum Gasteiger partial charge on any atom is -0.468 e. The van der Waals surface area contributed by atoms with E-state index in [0.29, 0.717) is 6.73 Å². The van der Waals surface area contributed by atoms with E-state index in [1.165, 1.54) is 22.4 Å². The third-order valence-corrected chi connectivity index (χ3v) is 4.39. The van der Waals surface area contributed by atoms with Crippen LogP contribution >= 0.6 is 0 Å². The average molecular weight is 298 g/mol. The summed E-state index contributed by atoms with van der Waals surface area (Å²) < 4.78 is 6.04. The molecule has 0 aliphatic carbocycles. The second-order valence-electron chi connectivity index (χ2n) is 5.66. The van der Waals surface area contributed by atoms with Gasteiger partial charge in [0.1, 0.15) is 5.69 Å². The molecular weight excluding hydrogens is 284 g/mol. The van der Waals surface area contributed by atoms with Crippen molar-refractivity contribution in [2.45, 2.75) is 0 Å². The van der Waals surface area contributed by atoms with Crippen LogP contribution in [0.25, 0.3) is 22.6 Å². The van der Waals surface area contributed by atoms with Crippen molar-refractivity contribution in [1.29, 1.82) is 0 Å². The summed E-state index contributed by atoms with van der Waals surface area (Å²) in [6.07, 6.45) is 1.80. The number of hydrogen-bond donors (Lipinski definition) is 0. The van der Waals surface area contributed by atoms with Crippen LogP contribution in [0.2, 0.25) is 0 Å². The number of aromatic nitrogens is 1. The molecule has 3 heteroatoms. The van der Waals surface area contributed by atoms with Crippen molar-refractivity contribution >= 4 is 17.1 Å². The molecule has 3 heterocycles. The zero-order valence-electron chi connectivity index (χ0n) is 12.4. The molecule has 0 bridgehead atoms. The summed E-state index contributed by atoms with van der Waals surface area (Å²) in [5.41, 5.74) is 6.86. The van der Waals surface area contributed by atoms with Crippen LogP contribution in [0.15, 0.2) is 72.9 Å². The number of fused-ring (bicyclic) bond motifs is 6. The molecular formula is C20H14N2O. The first kappa shape index (κ1) is 12.5. The van der Waals surface area contributed by atoms with Crippen molar-refractivity contribution in [3.05, 3.63) is 84.2 Å². The number of ether oxygens (including phenoxy) is 1. The van der Waals surface area contributed by atoms with E-state index in [2.05, 4.69) is 58.4 Å². The number of pyridine rings is 1. The molecule has 2 aliphatic heterocycles. The van der Waals surface area contributed by atoms with Gasteiger partial charge in [-0.15, -0.1) is 0 Å². The van der Waals surface area contributed by atoms with Crippen LogP contribution in [0, 0.1) is 0 Å². The predicted molar refractivity (Wildman–Crippen MR) is 91.4 cm³/mol. The molecule has 5 rings (SSSR count). The van der Waals surface area contributed by atoms with E-state index in [1.54, 1.807) is 6.20 Å². The Morgan fingerprint density at radius 3 is 2.35 bits per heavy atom. The quantitative estimate of drug-likeness (QED) is 0.666. The monoisotopic (exact) mass is 298 g/mol. The fourth-order valence-electron chi connectivity index (χ4n) is 3.40. The van der Waals surface area contributed by atoms with Crippen molar-refractivity contribution < 1.29 is 4.74 Å². The number of nitrogens with zero attached hydrogens (tertiary/aromatic N) is 2. The van der Waals surface area contributed by atoms with Gasteiger partial charge in [0, 0.05) is 17.3 Å². The standard InChI is InChI=1S/C20H14N2O/c1-2-9-16-14(7-1)15-8-3-4-11-18(15)22-13-23-20(19(16)22)17-10-5-6-12-21-17/h1-12H,13H2. The summed E-state index contributed by atoms with van der Waals surface area (Å²) >= 11 is 0. The molecule has 0 N–H and O–H groups in total. The Kier molecular flexibility index (Phi) is 2.56. The largest absolute Gasteiger partial charge is 0.468 e. The Balaban J connectivity index is 1.83. The van der Waals surface area contributed by atoms with Crippen molar-refractivity contribution in [3.8, 4) is 11.1 Å². The second-order valence-corrected chi connectivity index (χ2v) is 5.66. The molecule has 2 aromatic carbocycles. The van der Waals surface area contributed by atoms with Gasteiger partial charge in [0.05, 0.1) is 11.4 Å². The first-order chi connectivity index (χ1) is 11.4. The van der Waals surface area contributed by atoms with E-state index in [9.17, 15) is 0 Å². The molecule has 110 valence electrons. The van der Waals surface area contributed by atoms with Crippen LogP contribution in [0.1, 0.15) is 11.3 Å². The zero-order valence-corrected chi connectivity index (χ0v) is 12.4. The first-order valence-corrected chi connectivity index (χ1v) is 7.68. The molecule has 0 unspecified atom stereocenters. The Hall–Kier alpha value is -3.07. The molecule has 23 heavy (non-hydrogen) atoms. The fraction of sp³-hybridized carbons (Fsp3) is 0.0500. The van der Waals surface area contributed by atoms with Gasteiger partial charge in [-0.05, 0) is 23.8 Å². The van der Waals surface area contributed by atoms with E-state index >= 15 is 0 Å². The molecule has 0 saturated carbocycles. The summed E-state index contributed by atoms with van der Waals surface area (Å²) in [5, 5.41) is 0. The van der Waals surface area contributed by atoms with Gasteiger partial charge in [0.15, 0.2) is 12.5 Å². The van der Waals surface area contributed by atoms with E-state index in [4.69, 9.17) is 4.74 Å². The van der Waals surface area contributed by atoms with E-state index in [0.717, 1.165) is 17.2 Å². The third-order valence-electron chi connectivity index (χ3n) is 4.39. The molecule has 3 aromatic rings. The maximum absolute atomic E-state index is 6.04. The van der Waals surface area contributed by atoms with Crippen LogP contribution in [0.5, 0.6) is 0 Å². The van der Waals surface area contributed by atoms with Gasteiger partial charge in [-0.2, -0.15) is 0 Å². The lowest BCUT2D eigenvalue weighted by atomic mass is 9.91. The molecule has 1 aromatic heterocycles. The van der Waals surface area contributed by atoms with Gasteiger partial charge in [-0.1, -0.05) is 48.5 Å². The highest BCUT2D eigenvalue weighted by atomic mass is 16.5. The lowest BCUT2D eigenvalue weighted by Crippen LogP contribution is -2.22. The Morgan fingerprint density at radius 2 is 1.52 bits per heavy atom. The minimum atomic E-state index is 0.520. The Bertz CT molecular complexity index is 931. The molecule has 0 radical (unpaired) electrons. The molecule has 0 saturated heterocycles. The van der Waals surface area contributed by atoms with E-state index < -0.39 is 0 Å². The van der Waals surface area contributed by atoms with Gasteiger partial charge >= 0.3 is 0 Å². The zero-order chi connectivity index (χ0) is 15.2.